The number of halogens is 1. The van der Waals surface area contributed by atoms with Gasteiger partial charge in [0.2, 0.25) is 5.88 Å². The van der Waals surface area contributed by atoms with Crippen molar-refractivity contribution in [3.05, 3.63) is 46.3 Å². The van der Waals surface area contributed by atoms with Crippen LogP contribution >= 0.6 is 15.9 Å². The molecule has 0 radical (unpaired) electrons. The molecule has 4 heteroatoms. The number of hydrogen-bond donors (Lipinski definition) is 0. The van der Waals surface area contributed by atoms with Crippen LogP contribution in [0.1, 0.15) is 31.0 Å². The van der Waals surface area contributed by atoms with Gasteiger partial charge in [0.05, 0.1) is 5.69 Å². The highest BCUT2D eigenvalue weighted by Gasteiger charge is 2.11. The minimum Gasteiger partial charge on any atom is -0.437 e. The molecule has 2 rings (SSSR count). The van der Waals surface area contributed by atoms with Crippen LogP contribution in [0.25, 0.3) is 0 Å². The fraction of sp³-hybridized carbons (Fsp3) is 0.286. The molecular formula is C14H15BrN2O. The Morgan fingerprint density at radius 1 is 1.17 bits per heavy atom. The summed E-state index contributed by atoms with van der Waals surface area (Å²) in [5, 5.41) is 0. The van der Waals surface area contributed by atoms with Gasteiger partial charge in [0.25, 0.3) is 0 Å². The highest BCUT2D eigenvalue weighted by Crippen LogP contribution is 2.32. The topological polar surface area (TPSA) is 35.0 Å². The summed E-state index contributed by atoms with van der Waals surface area (Å²) in [5.74, 6) is 1.77. The van der Waals surface area contributed by atoms with Gasteiger partial charge in [-0.1, -0.05) is 29.8 Å². The number of aryl methyl sites for hydroxylation is 1. The minimum absolute atomic E-state index is 0.384. The molecule has 0 saturated heterocycles. The number of aromatic nitrogens is 2. The summed E-state index contributed by atoms with van der Waals surface area (Å²) < 4.78 is 6.91. The molecule has 0 atom stereocenters. The maximum Gasteiger partial charge on any atom is 0.240 e. The molecule has 18 heavy (non-hydrogen) atoms. The zero-order chi connectivity index (χ0) is 13.1. The molecule has 0 unspecified atom stereocenters. The number of benzene rings is 1. The van der Waals surface area contributed by atoms with Gasteiger partial charge < -0.3 is 4.74 Å². The number of hydrogen-bond acceptors (Lipinski definition) is 3. The maximum atomic E-state index is 5.86. The van der Waals surface area contributed by atoms with Crippen molar-refractivity contribution in [3.63, 3.8) is 0 Å². The average Bonchev–Trinajstić information content (AvgIpc) is 2.34. The van der Waals surface area contributed by atoms with Crippen LogP contribution in [0, 0.1) is 6.92 Å². The molecule has 1 aromatic carbocycles. The SMILES string of the molecule is Cc1nccnc1Oc1ccc(Br)cc1C(C)C. The van der Waals surface area contributed by atoms with Gasteiger partial charge in [0.1, 0.15) is 5.75 Å². The Hall–Kier alpha value is -1.42. The van der Waals surface area contributed by atoms with E-state index in [1.54, 1.807) is 12.4 Å². The van der Waals surface area contributed by atoms with Gasteiger partial charge in [-0.15, -0.1) is 0 Å². The molecule has 0 aliphatic heterocycles. The Kier molecular flexibility index (Phi) is 3.97. The van der Waals surface area contributed by atoms with Gasteiger partial charge in [0, 0.05) is 16.9 Å². The van der Waals surface area contributed by atoms with Crippen LogP contribution in [0.4, 0.5) is 0 Å². The van der Waals surface area contributed by atoms with Gasteiger partial charge in [-0.25, -0.2) is 4.98 Å². The van der Waals surface area contributed by atoms with E-state index >= 15 is 0 Å². The van der Waals surface area contributed by atoms with Crippen molar-refractivity contribution >= 4 is 15.9 Å². The third kappa shape index (κ3) is 2.88. The molecular weight excluding hydrogens is 292 g/mol. The van der Waals surface area contributed by atoms with Gasteiger partial charge >= 0.3 is 0 Å². The third-order valence-corrected chi connectivity index (χ3v) is 3.13. The van der Waals surface area contributed by atoms with E-state index in [1.807, 2.05) is 19.1 Å². The summed E-state index contributed by atoms with van der Waals surface area (Å²) in [6.07, 6.45) is 3.30. The van der Waals surface area contributed by atoms with Crippen LogP contribution < -0.4 is 4.74 Å². The fourth-order valence-electron chi connectivity index (χ4n) is 1.66. The van der Waals surface area contributed by atoms with E-state index in [1.165, 1.54) is 0 Å². The number of rotatable bonds is 3. The lowest BCUT2D eigenvalue weighted by molar-refractivity contribution is 0.447. The molecule has 3 nitrogen and oxygen atoms in total. The first kappa shape index (κ1) is 13.0. The van der Waals surface area contributed by atoms with Crippen LogP contribution in [0.15, 0.2) is 35.1 Å². The third-order valence-electron chi connectivity index (χ3n) is 2.64. The van der Waals surface area contributed by atoms with E-state index < -0.39 is 0 Å². The second-order valence-corrected chi connectivity index (χ2v) is 5.30. The van der Waals surface area contributed by atoms with E-state index in [-0.39, 0.29) is 0 Å². The largest absolute Gasteiger partial charge is 0.437 e. The smallest absolute Gasteiger partial charge is 0.240 e. The molecule has 0 amide bonds. The number of ether oxygens (including phenoxy) is 1. The maximum absolute atomic E-state index is 5.86. The average molecular weight is 307 g/mol. The normalized spacial score (nSPS) is 10.7. The van der Waals surface area contributed by atoms with Crippen LogP contribution in [0.3, 0.4) is 0 Å². The van der Waals surface area contributed by atoms with E-state index in [0.717, 1.165) is 21.5 Å². The lowest BCUT2D eigenvalue weighted by Crippen LogP contribution is -1.97. The molecule has 0 aliphatic rings. The Balaban J connectivity index is 2.37. The standard InChI is InChI=1S/C14H15BrN2O/c1-9(2)12-8-11(15)4-5-13(12)18-14-10(3)16-6-7-17-14/h4-9H,1-3H3. The fourth-order valence-corrected chi connectivity index (χ4v) is 2.04. The predicted molar refractivity (Wildman–Crippen MR) is 75.1 cm³/mol. The van der Waals surface area contributed by atoms with Crippen molar-refractivity contribution in [1.82, 2.24) is 9.97 Å². The monoisotopic (exact) mass is 306 g/mol. The molecule has 2 aromatic rings. The highest BCUT2D eigenvalue weighted by molar-refractivity contribution is 9.10. The van der Waals surface area contributed by atoms with Crippen molar-refractivity contribution < 1.29 is 4.74 Å². The number of nitrogens with zero attached hydrogens (tertiary/aromatic N) is 2. The first-order valence-corrected chi connectivity index (χ1v) is 6.62. The Labute approximate surface area is 115 Å². The van der Waals surface area contributed by atoms with Crippen LogP contribution in [0.2, 0.25) is 0 Å². The predicted octanol–water partition coefficient (Wildman–Crippen LogP) is 4.46. The summed E-state index contributed by atoms with van der Waals surface area (Å²) in [5.41, 5.74) is 1.93. The summed E-state index contributed by atoms with van der Waals surface area (Å²) >= 11 is 3.48. The molecule has 94 valence electrons. The Bertz CT molecular complexity index is 555. The second kappa shape index (κ2) is 5.48. The zero-order valence-corrected chi connectivity index (χ0v) is 12.2. The molecule has 0 aliphatic carbocycles. The molecule has 1 heterocycles. The lowest BCUT2D eigenvalue weighted by Gasteiger charge is -2.14. The highest BCUT2D eigenvalue weighted by atomic mass is 79.9. The van der Waals surface area contributed by atoms with Gasteiger partial charge in [0.15, 0.2) is 0 Å². The molecule has 0 N–H and O–H groups in total. The van der Waals surface area contributed by atoms with Crippen molar-refractivity contribution in [2.45, 2.75) is 26.7 Å². The Morgan fingerprint density at radius 2 is 1.89 bits per heavy atom. The summed E-state index contributed by atoms with van der Waals surface area (Å²) in [6.45, 7) is 6.16. The van der Waals surface area contributed by atoms with Crippen LogP contribution in [-0.4, -0.2) is 9.97 Å². The van der Waals surface area contributed by atoms with Gasteiger partial charge in [-0.05, 0) is 36.6 Å². The van der Waals surface area contributed by atoms with E-state index in [2.05, 4.69) is 45.8 Å². The van der Waals surface area contributed by atoms with E-state index in [4.69, 9.17) is 4.74 Å². The van der Waals surface area contributed by atoms with Crippen LogP contribution in [-0.2, 0) is 0 Å². The van der Waals surface area contributed by atoms with Crippen molar-refractivity contribution in [1.29, 1.82) is 0 Å². The van der Waals surface area contributed by atoms with Crippen LogP contribution in [0.5, 0.6) is 11.6 Å². The first-order valence-electron chi connectivity index (χ1n) is 5.83. The van der Waals surface area contributed by atoms with Gasteiger partial charge in [-0.2, -0.15) is 0 Å². The summed E-state index contributed by atoms with van der Waals surface area (Å²) in [6, 6.07) is 5.99. The molecule has 0 bridgehead atoms. The molecule has 0 fully saturated rings. The van der Waals surface area contributed by atoms with Gasteiger partial charge in [-0.3, -0.25) is 4.98 Å². The van der Waals surface area contributed by atoms with E-state index in [0.29, 0.717) is 11.8 Å². The first-order chi connectivity index (χ1) is 8.58. The van der Waals surface area contributed by atoms with Crippen molar-refractivity contribution in [2.24, 2.45) is 0 Å². The quantitative estimate of drug-likeness (QED) is 0.839. The zero-order valence-electron chi connectivity index (χ0n) is 10.6. The molecule has 1 aromatic heterocycles. The van der Waals surface area contributed by atoms with Crippen molar-refractivity contribution in [2.75, 3.05) is 0 Å². The summed E-state index contributed by atoms with van der Waals surface area (Å²) in [4.78, 5) is 8.37. The van der Waals surface area contributed by atoms with Crippen molar-refractivity contribution in [3.8, 4) is 11.6 Å². The lowest BCUT2D eigenvalue weighted by atomic mass is 10.0. The summed E-state index contributed by atoms with van der Waals surface area (Å²) in [7, 11) is 0. The second-order valence-electron chi connectivity index (χ2n) is 4.39. The molecule has 0 saturated carbocycles. The molecule has 0 spiro atoms. The Morgan fingerprint density at radius 3 is 2.56 bits per heavy atom. The minimum atomic E-state index is 0.384. The van der Waals surface area contributed by atoms with E-state index in [9.17, 15) is 0 Å².